The van der Waals surface area contributed by atoms with E-state index < -0.39 is 16.7 Å². The van der Waals surface area contributed by atoms with Gasteiger partial charge in [0.25, 0.3) is 5.91 Å². The molecule has 0 saturated carbocycles. The lowest BCUT2D eigenvalue weighted by Gasteiger charge is -2.01. The second kappa shape index (κ2) is 4.61. The topological polar surface area (TPSA) is 121 Å². The normalized spacial score (nSPS) is 9.00. The third kappa shape index (κ3) is 3.00. The van der Waals surface area contributed by atoms with Crippen molar-refractivity contribution in [2.45, 2.75) is 6.42 Å². The molecule has 1 rings (SSSR count). The van der Waals surface area contributed by atoms with E-state index in [-0.39, 0.29) is 12.3 Å². The van der Waals surface area contributed by atoms with E-state index in [1.165, 1.54) is 6.07 Å². The molecule has 0 fully saturated rings. The van der Waals surface area contributed by atoms with Crippen LogP contribution in [0.3, 0.4) is 0 Å². The van der Waals surface area contributed by atoms with Gasteiger partial charge >= 0.3 is 5.88 Å². The number of nitriles is 1. The Morgan fingerprint density at radius 1 is 1.67 bits per heavy atom. The fourth-order valence-corrected chi connectivity index (χ4v) is 0.740. The van der Waals surface area contributed by atoms with Crippen LogP contribution in [0.15, 0.2) is 16.5 Å². The molecule has 0 saturated heterocycles. The number of rotatable bonds is 4. The molecule has 0 radical (unpaired) electrons. The predicted octanol–water partition coefficient (Wildman–Crippen LogP) is 0.545. The van der Waals surface area contributed by atoms with Crippen molar-refractivity contribution in [3.05, 3.63) is 22.2 Å². The molecule has 0 unspecified atom stereocenters. The highest BCUT2D eigenvalue weighted by Gasteiger charge is 2.11. The van der Waals surface area contributed by atoms with E-state index >= 15 is 0 Å². The summed E-state index contributed by atoms with van der Waals surface area (Å²) in [6.45, 7) is 0. The second-order valence-corrected chi connectivity index (χ2v) is 2.40. The van der Waals surface area contributed by atoms with Gasteiger partial charge < -0.3 is 4.42 Å². The number of nitrogens with one attached hydrogen (secondary N) is 2. The first-order valence-electron chi connectivity index (χ1n) is 3.79. The fraction of sp³-hybridized carbons (Fsp3) is 0.143. The number of nitro groups is 1. The maximum atomic E-state index is 10.8. The Kier molecular flexibility index (Phi) is 3.24. The van der Waals surface area contributed by atoms with Gasteiger partial charge in [0.15, 0.2) is 0 Å². The van der Waals surface area contributed by atoms with E-state index in [1.54, 1.807) is 6.07 Å². The van der Waals surface area contributed by atoms with Crippen LogP contribution in [0.5, 0.6) is 0 Å². The molecule has 0 aliphatic heterocycles. The molecule has 15 heavy (non-hydrogen) atoms. The van der Waals surface area contributed by atoms with E-state index in [2.05, 4.69) is 15.3 Å². The number of hydrogen-bond acceptors (Lipinski definition) is 6. The molecule has 2 N–H and O–H groups in total. The zero-order valence-corrected chi connectivity index (χ0v) is 7.39. The van der Waals surface area contributed by atoms with Crippen LogP contribution in [0, 0.1) is 21.4 Å². The van der Waals surface area contributed by atoms with Gasteiger partial charge in [-0.15, -0.1) is 0 Å². The van der Waals surface area contributed by atoms with Crippen LogP contribution < -0.4 is 10.9 Å². The molecule has 0 bridgehead atoms. The van der Waals surface area contributed by atoms with Gasteiger partial charge in [0.1, 0.15) is 11.3 Å². The SMILES string of the molecule is N#CCC(=O)NNc1ccc([N+](=O)[O-])o1. The van der Waals surface area contributed by atoms with Crippen molar-refractivity contribution in [3.63, 3.8) is 0 Å². The molecule has 0 aliphatic carbocycles. The van der Waals surface area contributed by atoms with E-state index in [0.717, 1.165) is 6.07 Å². The van der Waals surface area contributed by atoms with E-state index in [1.807, 2.05) is 0 Å². The molecule has 8 heteroatoms. The van der Waals surface area contributed by atoms with Gasteiger partial charge in [-0.25, -0.2) is 0 Å². The van der Waals surface area contributed by atoms with Crippen molar-refractivity contribution in [1.29, 1.82) is 5.26 Å². The maximum absolute atomic E-state index is 10.8. The van der Waals surface area contributed by atoms with Gasteiger partial charge in [0.2, 0.25) is 5.88 Å². The van der Waals surface area contributed by atoms with Crippen molar-refractivity contribution in [1.82, 2.24) is 5.43 Å². The van der Waals surface area contributed by atoms with Gasteiger partial charge in [0, 0.05) is 6.07 Å². The Morgan fingerprint density at radius 2 is 2.40 bits per heavy atom. The average molecular weight is 210 g/mol. The quantitative estimate of drug-likeness (QED) is 0.552. The van der Waals surface area contributed by atoms with E-state index in [9.17, 15) is 14.9 Å². The highest BCUT2D eigenvalue weighted by molar-refractivity contribution is 5.79. The molecule has 8 nitrogen and oxygen atoms in total. The van der Waals surface area contributed by atoms with Gasteiger partial charge in [-0.05, 0) is 0 Å². The average Bonchev–Trinajstić information content (AvgIpc) is 2.63. The molecular formula is C7H6N4O4. The van der Waals surface area contributed by atoms with Crippen LogP contribution >= 0.6 is 0 Å². The molecule has 0 aromatic carbocycles. The number of hydrogen-bond donors (Lipinski definition) is 2. The van der Waals surface area contributed by atoms with Crippen LogP contribution in [0.25, 0.3) is 0 Å². The van der Waals surface area contributed by atoms with Crippen molar-refractivity contribution in [3.8, 4) is 6.07 Å². The van der Waals surface area contributed by atoms with Crippen LogP contribution in [0.2, 0.25) is 0 Å². The van der Waals surface area contributed by atoms with Gasteiger partial charge in [-0.2, -0.15) is 5.26 Å². The monoisotopic (exact) mass is 210 g/mol. The number of hydrazine groups is 1. The summed E-state index contributed by atoms with van der Waals surface area (Å²) in [5.41, 5.74) is 4.41. The predicted molar refractivity (Wildman–Crippen MR) is 47.4 cm³/mol. The standard InChI is InChI=1S/C7H6N4O4/c8-4-3-5(12)9-10-6-1-2-7(15-6)11(13)14/h1-2,10H,3H2,(H,9,12). The number of furan rings is 1. The third-order valence-electron chi connectivity index (χ3n) is 1.34. The molecule has 1 aromatic heterocycles. The first-order valence-corrected chi connectivity index (χ1v) is 3.79. The Bertz CT molecular complexity index is 419. The molecule has 1 amide bonds. The first kappa shape index (κ1) is 10.5. The summed E-state index contributed by atoms with van der Waals surface area (Å²) >= 11 is 0. The summed E-state index contributed by atoms with van der Waals surface area (Å²) in [5.74, 6) is -0.975. The highest BCUT2D eigenvalue weighted by atomic mass is 16.6. The minimum absolute atomic E-state index is 0.0213. The summed E-state index contributed by atoms with van der Waals surface area (Å²) in [4.78, 5) is 20.3. The smallest absolute Gasteiger partial charge is 0.383 e. The zero-order valence-electron chi connectivity index (χ0n) is 7.39. The van der Waals surface area contributed by atoms with Crippen molar-refractivity contribution >= 4 is 17.7 Å². The summed E-state index contributed by atoms with van der Waals surface area (Å²) in [6, 6.07) is 4.06. The van der Waals surface area contributed by atoms with Crippen LogP contribution in [-0.4, -0.2) is 10.8 Å². The van der Waals surface area contributed by atoms with Gasteiger partial charge in [-0.1, -0.05) is 0 Å². The number of nitrogens with zero attached hydrogens (tertiary/aromatic N) is 2. The largest absolute Gasteiger partial charge is 0.434 e. The summed E-state index contributed by atoms with van der Waals surface area (Å²) in [6.07, 6.45) is -0.310. The van der Waals surface area contributed by atoms with E-state index in [0.29, 0.717) is 0 Å². The third-order valence-corrected chi connectivity index (χ3v) is 1.34. The number of carbonyl (C=O) groups excluding carboxylic acids is 1. The molecule has 78 valence electrons. The molecule has 0 atom stereocenters. The number of carbonyl (C=O) groups is 1. The molecule has 1 heterocycles. The van der Waals surface area contributed by atoms with Gasteiger partial charge in [0.05, 0.1) is 12.1 Å². The van der Waals surface area contributed by atoms with E-state index in [4.69, 9.17) is 5.26 Å². The lowest BCUT2D eigenvalue weighted by molar-refractivity contribution is -0.401. The van der Waals surface area contributed by atoms with Crippen molar-refractivity contribution in [2.75, 3.05) is 5.43 Å². The summed E-state index contributed by atoms with van der Waals surface area (Å²) < 4.78 is 4.67. The lowest BCUT2D eigenvalue weighted by Crippen LogP contribution is -2.28. The fourth-order valence-electron chi connectivity index (χ4n) is 0.740. The minimum atomic E-state index is -0.706. The molecule has 0 aliphatic rings. The maximum Gasteiger partial charge on any atom is 0.434 e. The number of amides is 1. The molecule has 1 aromatic rings. The zero-order chi connectivity index (χ0) is 11.3. The van der Waals surface area contributed by atoms with Gasteiger partial charge in [-0.3, -0.25) is 25.8 Å². The second-order valence-electron chi connectivity index (χ2n) is 2.40. The number of anilines is 1. The van der Waals surface area contributed by atoms with Crippen LogP contribution in [-0.2, 0) is 4.79 Å². The first-order chi connectivity index (χ1) is 7.13. The highest BCUT2D eigenvalue weighted by Crippen LogP contribution is 2.18. The Hall–Kier alpha value is -2.56. The molecular weight excluding hydrogens is 204 g/mol. The Balaban J connectivity index is 2.48. The Morgan fingerprint density at radius 3 is 2.93 bits per heavy atom. The lowest BCUT2D eigenvalue weighted by atomic mass is 10.5. The minimum Gasteiger partial charge on any atom is -0.383 e. The Labute approximate surface area is 83.6 Å². The summed E-state index contributed by atoms with van der Waals surface area (Å²) in [5, 5.41) is 18.4. The van der Waals surface area contributed by atoms with Crippen molar-refractivity contribution < 1.29 is 14.1 Å². The van der Waals surface area contributed by atoms with Crippen molar-refractivity contribution in [2.24, 2.45) is 0 Å². The van der Waals surface area contributed by atoms with Crippen LogP contribution in [0.4, 0.5) is 11.8 Å². The molecule has 0 spiro atoms. The van der Waals surface area contributed by atoms with Crippen LogP contribution in [0.1, 0.15) is 6.42 Å². The summed E-state index contributed by atoms with van der Waals surface area (Å²) in [7, 11) is 0.